The molecule has 0 radical (unpaired) electrons. The van der Waals surface area contributed by atoms with Crippen molar-refractivity contribution in [1.29, 1.82) is 0 Å². The van der Waals surface area contributed by atoms with E-state index >= 15 is 0 Å². The summed E-state index contributed by atoms with van der Waals surface area (Å²) in [6, 6.07) is 8.30. The van der Waals surface area contributed by atoms with E-state index in [-0.39, 0.29) is 16.4 Å². The number of carbonyl (C=O) groups excluding carboxylic acids is 1. The van der Waals surface area contributed by atoms with Crippen molar-refractivity contribution in [3.8, 4) is 5.75 Å². The highest BCUT2D eigenvalue weighted by atomic mass is 32.1. The van der Waals surface area contributed by atoms with E-state index in [4.69, 9.17) is 4.74 Å². The highest BCUT2D eigenvalue weighted by molar-refractivity contribution is 7.18. The first-order chi connectivity index (χ1) is 13.3. The Morgan fingerprint density at radius 1 is 1.32 bits per heavy atom. The molecule has 1 saturated heterocycles. The van der Waals surface area contributed by atoms with Crippen LogP contribution in [0.25, 0.3) is 10.3 Å². The Labute approximate surface area is 162 Å². The molecule has 28 heavy (non-hydrogen) atoms. The number of H-pyrrole nitrogens is 1. The third-order valence-corrected chi connectivity index (χ3v) is 5.47. The van der Waals surface area contributed by atoms with Crippen molar-refractivity contribution in [3.63, 3.8) is 0 Å². The summed E-state index contributed by atoms with van der Waals surface area (Å²) in [5.74, 6) is -3.54. The number of nitrogens with one attached hydrogen (secondary N) is 1. The number of hydrogen-bond donors (Lipinski definition) is 1. The lowest BCUT2D eigenvalue weighted by Crippen LogP contribution is -2.33. The number of aromatic amines is 1. The minimum Gasteiger partial charge on any atom is -0.410 e. The molecular formula is C18H16F2N4O3S. The fourth-order valence-corrected chi connectivity index (χ4v) is 4.18. The normalized spacial score (nSPS) is 17.2. The number of halogens is 2. The van der Waals surface area contributed by atoms with Gasteiger partial charge in [-0.2, -0.15) is 8.78 Å². The number of amides is 1. The van der Waals surface area contributed by atoms with Crippen LogP contribution in [0.1, 0.15) is 36.6 Å². The zero-order valence-corrected chi connectivity index (χ0v) is 15.6. The minimum atomic E-state index is -3.27. The molecule has 1 aromatic carbocycles. The highest BCUT2D eigenvalue weighted by Gasteiger charge is 2.35. The molecule has 1 N–H and O–H groups in total. The van der Waals surface area contributed by atoms with Gasteiger partial charge < -0.3 is 9.72 Å². The summed E-state index contributed by atoms with van der Waals surface area (Å²) in [5, 5.41) is 0.479. The molecule has 2 aromatic heterocycles. The van der Waals surface area contributed by atoms with Gasteiger partial charge in [-0.1, -0.05) is 29.5 Å². The van der Waals surface area contributed by atoms with Gasteiger partial charge in [0, 0.05) is 13.5 Å². The number of likely N-dealkylation sites (tertiary alicyclic amines) is 1. The van der Waals surface area contributed by atoms with E-state index < -0.39 is 23.4 Å². The number of carbonyl (C=O) groups is 1. The summed E-state index contributed by atoms with van der Waals surface area (Å²) < 4.78 is 32.4. The lowest BCUT2D eigenvalue weighted by atomic mass is 10.2. The summed E-state index contributed by atoms with van der Waals surface area (Å²) in [6.45, 7) is 1.14. The molecule has 0 spiro atoms. The fourth-order valence-electron chi connectivity index (χ4n) is 3.09. The molecule has 3 heterocycles. The molecule has 1 amide bonds. The van der Waals surface area contributed by atoms with Crippen molar-refractivity contribution in [2.75, 3.05) is 6.54 Å². The molecule has 1 atom stereocenters. The largest absolute Gasteiger partial charge is 0.415 e. The summed E-state index contributed by atoms with van der Waals surface area (Å²) in [7, 11) is 0. The monoisotopic (exact) mass is 406 g/mol. The first kappa shape index (κ1) is 18.5. The lowest BCUT2D eigenvalue weighted by molar-refractivity contribution is 0.00787. The zero-order chi connectivity index (χ0) is 19.9. The second-order valence-electron chi connectivity index (χ2n) is 6.54. The molecule has 0 bridgehead atoms. The lowest BCUT2D eigenvalue weighted by Gasteiger charge is -2.22. The third kappa shape index (κ3) is 3.47. The van der Waals surface area contributed by atoms with Crippen LogP contribution < -0.4 is 10.3 Å². The number of nitrogens with zero attached hydrogens (tertiary/aromatic N) is 3. The Kier molecular flexibility index (Phi) is 4.58. The second kappa shape index (κ2) is 6.93. The van der Waals surface area contributed by atoms with Crippen molar-refractivity contribution in [2.45, 2.75) is 31.7 Å². The standard InChI is InChI=1S/C18H16F2N4O3S/c1-18(19,20)16-22-13(25)12-15(23-16)28-14(21-12)11-8-5-9-24(11)17(26)27-10-6-3-2-4-7-10/h2-4,6-7,11H,5,8-9H2,1H3,(H,22,23,25). The van der Waals surface area contributed by atoms with Crippen LogP contribution in [0.5, 0.6) is 5.75 Å². The molecule has 1 fully saturated rings. The summed E-state index contributed by atoms with van der Waals surface area (Å²) in [4.78, 5) is 36.6. The van der Waals surface area contributed by atoms with Crippen molar-refractivity contribution in [3.05, 3.63) is 51.5 Å². The molecule has 1 aliphatic heterocycles. The predicted octanol–water partition coefficient (Wildman–Crippen LogP) is 3.83. The number of thiazole rings is 1. The SMILES string of the molecule is CC(F)(F)c1nc2sc(C3CCCN3C(=O)Oc3ccccc3)nc2c(=O)[nH]1. The molecule has 10 heteroatoms. The molecule has 0 saturated carbocycles. The van der Waals surface area contributed by atoms with Crippen molar-refractivity contribution < 1.29 is 18.3 Å². The van der Waals surface area contributed by atoms with Gasteiger partial charge in [-0.15, -0.1) is 0 Å². The Morgan fingerprint density at radius 3 is 2.79 bits per heavy atom. The number of para-hydroxylation sites is 1. The van der Waals surface area contributed by atoms with Gasteiger partial charge in [-0.05, 0) is 25.0 Å². The van der Waals surface area contributed by atoms with Gasteiger partial charge in [0.1, 0.15) is 10.8 Å². The maximum Gasteiger partial charge on any atom is 0.415 e. The number of aromatic nitrogens is 3. The van der Waals surface area contributed by atoms with Gasteiger partial charge >= 0.3 is 12.0 Å². The maximum absolute atomic E-state index is 13.5. The van der Waals surface area contributed by atoms with E-state index in [1.54, 1.807) is 24.3 Å². The van der Waals surface area contributed by atoms with Crippen LogP contribution in [0.3, 0.4) is 0 Å². The van der Waals surface area contributed by atoms with Gasteiger partial charge in [-0.25, -0.2) is 14.8 Å². The summed E-state index contributed by atoms with van der Waals surface area (Å²) in [5.41, 5.74) is -0.725. The van der Waals surface area contributed by atoms with Crippen molar-refractivity contribution in [2.24, 2.45) is 0 Å². The average molecular weight is 406 g/mol. The minimum absolute atomic E-state index is 0.00345. The average Bonchev–Trinajstić information content (AvgIpc) is 3.28. The molecule has 1 unspecified atom stereocenters. The van der Waals surface area contributed by atoms with Gasteiger partial charge in [0.05, 0.1) is 6.04 Å². The molecule has 7 nitrogen and oxygen atoms in total. The second-order valence-corrected chi connectivity index (χ2v) is 7.55. The van der Waals surface area contributed by atoms with Crippen LogP contribution in [0.15, 0.2) is 35.1 Å². The smallest absolute Gasteiger partial charge is 0.410 e. The van der Waals surface area contributed by atoms with E-state index in [0.29, 0.717) is 30.6 Å². The predicted molar refractivity (Wildman–Crippen MR) is 98.8 cm³/mol. The molecule has 3 aromatic rings. The number of alkyl halides is 2. The van der Waals surface area contributed by atoms with E-state index in [1.807, 2.05) is 6.07 Å². The highest BCUT2D eigenvalue weighted by Crippen LogP contribution is 2.36. The number of hydrogen-bond acceptors (Lipinski definition) is 6. The van der Waals surface area contributed by atoms with Crippen molar-refractivity contribution in [1.82, 2.24) is 19.9 Å². The molecule has 146 valence electrons. The number of benzene rings is 1. The molecular weight excluding hydrogens is 390 g/mol. The van der Waals surface area contributed by atoms with Gasteiger partial charge in [0.2, 0.25) is 0 Å². The Bertz CT molecular complexity index is 1080. The van der Waals surface area contributed by atoms with Crippen LogP contribution in [-0.4, -0.2) is 32.5 Å². The van der Waals surface area contributed by atoms with E-state index in [0.717, 1.165) is 17.8 Å². The number of ether oxygens (including phenoxy) is 1. The summed E-state index contributed by atoms with van der Waals surface area (Å²) >= 11 is 1.04. The van der Waals surface area contributed by atoms with Crippen LogP contribution >= 0.6 is 11.3 Å². The van der Waals surface area contributed by atoms with Gasteiger partial charge in [-0.3, -0.25) is 9.69 Å². The maximum atomic E-state index is 13.5. The Hall–Kier alpha value is -2.88. The first-order valence-electron chi connectivity index (χ1n) is 8.65. The molecule has 1 aliphatic rings. The van der Waals surface area contributed by atoms with E-state index in [9.17, 15) is 18.4 Å². The van der Waals surface area contributed by atoms with E-state index in [1.165, 1.54) is 4.90 Å². The van der Waals surface area contributed by atoms with Crippen LogP contribution in [0.4, 0.5) is 13.6 Å². The van der Waals surface area contributed by atoms with Crippen LogP contribution in [-0.2, 0) is 5.92 Å². The first-order valence-corrected chi connectivity index (χ1v) is 9.47. The van der Waals surface area contributed by atoms with Crippen molar-refractivity contribution >= 4 is 27.8 Å². The molecule has 0 aliphatic carbocycles. The number of rotatable bonds is 3. The topological polar surface area (TPSA) is 88.2 Å². The van der Waals surface area contributed by atoms with Crippen LogP contribution in [0, 0.1) is 0 Å². The zero-order valence-electron chi connectivity index (χ0n) is 14.8. The van der Waals surface area contributed by atoms with E-state index in [2.05, 4.69) is 15.0 Å². The summed E-state index contributed by atoms with van der Waals surface area (Å²) in [6.07, 6.45) is 0.862. The molecule has 4 rings (SSSR count). The fraction of sp³-hybridized carbons (Fsp3) is 0.333. The Balaban J connectivity index is 1.64. The van der Waals surface area contributed by atoms with Gasteiger partial charge in [0.25, 0.3) is 5.56 Å². The third-order valence-electron chi connectivity index (χ3n) is 4.42. The Morgan fingerprint density at radius 2 is 2.07 bits per heavy atom. The van der Waals surface area contributed by atoms with Gasteiger partial charge in [0.15, 0.2) is 16.2 Å². The van der Waals surface area contributed by atoms with Crippen LogP contribution in [0.2, 0.25) is 0 Å². The quantitative estimate of drug-likeness (QED) is 0.714. The number of fused-ring (bicyclic) bond motifs is 1.